The second kappa shape index (κ2) is 7.35. The second-order valence-electron chi connectivity index (χ2n) is 3.59. The highest BCUT2D eigenvalue weighted by molar-refractivity contribution is 5.90. The van der Waals surface area contributed by atoms with Crippen LogP contribution in [0.1, 0.15) is 25.2 Å². The SMILES string of the molecule is C#CCNCC(=O)Nc1nnc(CC)c(CC)n1. The lowest BCUT2D eigenvalue weighted by Gasteiger charge is -2.06. The first-order valence-corrected chi connectivity index (χ1v) is 5.87. The molecule has 0 aromatic carbocycles. The average Bonchev–Trinajstić information content (AvgIpc) is 2.39. The van der Waals surface area contributed by atoms with Crippen molar-refractivity contribution in [3.63, 3.8) is 0 Å². The Morgan fingerprint density at radius 1 is 1.28 bits per heavy atom. The van der Waals surface area contributed by atoms with Crippen molar-refractivity contribution in [3.8, 4) is 12.3 Å². The maximum Gasteiger partial charge on any atom is 0.249 e. The first-order chi connectivity index (χ1) is 8.71. The first-order valence-electron chi connectivity index (χ1n) is 5.87. The minimum atomic E-state index is -0.238. The number of nitrogens with one attached hydrogen (secondary N) is 2. The zero-order valence-corrected chi connectivity index (χ0v) is 10.7. The molecular weight excluding hydrogens is 230 g/mol. The van der Waals surface area contributed by atoms with Gasteiger partial charge in [0, 0.05) is 0 Å². The van der Waals surface area contributed by atoms with Gasteiger partial charge in [0.25, 0.3) is 0 Å². The summed E-state index contributed by atoms with van der Waals surface area (Å²) in [7, 11) is 0. The van der Waals surface area contributed by atoms with Gasteiger partial charge in [-0.25, -0.2) is 4.98 Å². The van der Waals surface area contributed by atoms with E-state index in [-0.39, 0.29) is 18.4 Å². The number of carbonyl (C=O) groups excluding carboxylic acids is 1. The van der Waals surface area contributed by atoms with Gasteiger partial charge in [0.15, 0.2) is 0 Å². The molecule has 1 heterocycles. The molecule has 2 N–H and O–H groups in total. The lowest BCUT2D eigenvalue weighted by atomic mass is 10.2. The molecule has 1 rings (SSSR count). The quantitative estimate of drug-likeness (QED) is 0.553. The number of aryl methyl sites for hydroxylation is 2. The van der Waals surface area contributed by atoms with E-state index >= 15 is 0 Å². The third kappa shape index (κ3) is 4.11. The Morgan fingerprint density at radius 2 is 2.00 bits per heavy atom. The third-order valence-electron chi connectivity index (χ3n) is 2.27. The van der Waals surface area contributed by atoms with E-state index in [0.717, 1.165) is 24.2 Å². The van der Waals surface area contributed by atoms with Crippen molar-refractivity contribution in [3.05, 3.63) is 11.4 Å². The molecule has 0 atom stereocenters. The number of carbonyl (C=O) groups is 1. The fourth-order valence-corrected chi connectivity index (χ4v) is 1.41. The van der Waals surface area contributed by atoms with E-state index in [1.54, 1.807) is 0 Å². The molecule has 1 aromatic heterocycles. The Kier molecular flexibility index (Phi) is 5.74. The third-order valence-corrected chi connectivity index (χ3v) is 2.27. The Hall–Kier alpha value is -2.00. The fourth-order valence-electron chi connectivity index (χ4n) is 1.41. The summed E-state index contributed by atoms with van der Waals surface area (Å²) in [5, 5.41) is 13.3. The van der Waals surface area contributed by atoms with Gasteiger partial charge < -0.3 is 0 Å². The molecule has 0 saturated carbocycles. The summed E-state index contributed by atoms with van der Waals surface area (Å²) in [6, 6.07) is 0. The number of rotatable bonds is 6. The number of hydrogen-bond donors (Lipinski definition) is 2. The van der Waals surface area contributed by atoms with E-state index in [4.69, 9.17) is 6.42 Å². The summed E-state index contributed by atoms with van der Waals surface area (Å²) in [4.78, 5) is 15.7. The Bertz CT molecular complexity index is 452. The summed E-state index contributed by atoms with van der Waals surface area (Å²) in [6.07, 6.45) is 6.60. The molecule has 96 valence electrons. The van der Waals surface area contributed by atoms with Crippen LogP contribution in [0.25, 0.3) is 0 Å². The predicted octanol–water partition coefficient (Wildman–Crippen LogP) is 0.158. The van der Waals surface area contributed by atoms with Crippen LogP contribution in [0.4, 0.5) is 5.95 Å². The van der Waals surface area contributed by atoms with E-state index < -0.39 is 0 Å². The van der Waals surface area contributed by atoms with Gasteiger partial charge in [-0.3, -0.25) is 15.4 Å². The molecule has 0 aliphatic heterocycles. The molecule has 0 bridgehead atoms. The van der Waals surface area contributed by atoms with Crippen molar-refractivity contribution in [1.82, 2.24) is 20.5 Å². The summed E-state index contributed by atoms with van der Waals surface area (Å²) < 4.78 is 0. The molecule has 1 amide bonds. The van der Waals surface area contributed by atoms with E-state index in [2.05, 4.69) is 31.7 Å². The zero-order chi connectivity index (χ0) is 13.4. The second-order valence-corrected chi connectivity index (χ2v) is 3.59. The largest absolute Gasteiger partial charge is 0.298 e. The van der Waals surface area contributed by atoms with Crippen LogP contribution in [0.3, 0.4) is 0 Å². The van der Waals surface area contributed by atoms with Gasteiger partial charge in [-0.2, -0.15) is 0 Å². The van der Waals surface area contributed by atoms with Crippen LogP contribution in [0.2, 0.25) is 0 Å². The lowest BCUT2D eigenvalue weighted by molar-refractivity contribution is -0.115. The molecule has 6 heteroatoms. The molecule has 1 aromatic rings. The topological polar surface area (TPSA) is 79.8 Å². The number of amides is 1. The summed E-state index contributed by atoms with van der Waals surface area (Å²) in [5.41, 5.74) is 1.72. The van der Waals surface area contributed by atoms with E-state index in [9.17, 15) is 4.79 Å². The van der Waals surface area contributed by atoms with Crippen molar-refractivity contribution in [2.45, 2.75) is 26.7 Å². The molecule has 6 nitrogen and oxygen atoms in total. The molecule has 0 radical (unpaired) electrons. The Morgan fingerprint density at radius 3 is 2.61 bits per heavy atom. The van der Waals surface area contributed by atoms with Crippen LogP contribution in [0.5, 0.6) is 0 Å². The molecule has 0 fully saturated rings. The molecule has 0 saturated heterocycles. The van der Waals surface area contributed by atoms with Gasteiger partial charge in [-0.05, 0) is 12.8 Å². The number of hydrogen-bond acceptors (Lipinski definition) is 5. The zero-order valence-electron chi connectivity index (χ0n) is 10.7. The normalized spacial score (nSPS) is 9.83. The number of aromatic nitrogens is 3. The van der Waals surface area contributed by atoms with Crippen molar-refractivity contribution in [2.24, 2.45) is 0 Å². The maximum absolute atomic E-state index is 11.5. The van der Waals surface area contributed by atoms with Gasteiger partial charge >= 0.3 is 0 Å². The number of terminal acetylenes is 1. The van der Waals surface area contributed by atoms with Crippen molar-refractivity contribution in [2.75, 3.05) is 18.4 Å². The number of anilines is 1. The highest BCUT2D eigenvalue weighted by Crippen LogP contribution is 2.06. The standard InChI is InChI=1S/C12H17N5O/c1-4-7-13-8-11(18)15-12-14-9(5-2)10(6-3)16-17-12/h1,13H,5-8H2,2-3H3,(H,14,15,17,18). The van der Waals surface area contributed by atoms with Crippen molar-refractivity contribution < 1.29 is 4.79 Å². The predicted molar refractivity (Wildman–Crippen MR) is 68.9 cm³/mol. The molecule has 0 unspecified atom stereocenters. The summed E-state index contributed by atoms with van der Waals surface area (Å²) >= 11 is 0. The number of nitrogens with zero attached hydrogens (tertiary/aromatic N) is 3. The maximum atomic E-state index is 11.5. The van der Waals surface area contributed by atoms with Crippen molar-refractivity contribution in [1.29, 1.82) is 0 Å². The van der Waals surface area contributed by atoms with Crippen LogP contribution < -0.4 is 10.6 Å². The minimum Gasteiger partial charge on any atom is -0.298 e. The molecule has 18 heavy (non-hydrogen) atoms. The van der Waals surface area contributed by atoms with Gasteiger partial charge in [-0.15, -0.1) is 16.6 Å². The Balaban J connectivity index is 2.62. The van der Waals surface area contributed by atoms with Gasteiger partial charge in [0.05, 0.1) is 24.5 Å². The summed E-state index contributed by atoms with van der Waals surface area (Å²) in [6.45, 7) is 4.46. The molecular formula is C12H17N5O. The molecule has 0 spiro atoms. The lowest BCUT2D eigenvalue weighted by Crippen LogP contribution is -2.29. The average molecular weight is 247 g/mol. The van der Waals surface area contributed by atoms with E-state index in [0.29, 0.717) is 6.54 Å². The van der Waals surface area contributed by atoms with Crippen LogP contribution in [0, 0.1) is 12.3 Å². The monoisotopic (exact) mass is 247 g/mol. The highest BCUT2D eigenvalue weighted by Gasteiger charge is 2.08. The van der Waals surface area contributed by atoms with Crippen LogP contribution in [-0.2, 0) is 17.6 Å². The fraction of sp³-hybridized carbons (Fsp3) is 0.500. The summed E-state index contributed by atoms with van der Waals surface area (Å²) in [5.74, 6) is 2.38. The van der Waals surface area contributed by atoms with E-state index in [1.807, 2.05) is 13.8 Å². The first kappa shape index (κ1) is 14.1. The van der Waals surface area contributed by atoms with Crippen LogP contribution >= 0.6 is 0 Å². The molecule has 0 aliphatic rings. The van der Waals surface area contributed by atoms with Gasteiger partial charge in [0.1, 0.15) is 0 Å². The molecule has 0 aliphatic carbocycles. The van der Waals surface area contributed by atoms with E-state index in [1.165, 1.54) is 0 Å². The highest BCUT2D eigenvalue weighted by atomic mass is 16.2. The van der Waals surface area contributed by atoms with Crippen molar-refractivity contribution >= 4 is 11.9 Å². The Labute approximate surface area is 107 Å². The van der Waals surface area contributed by atoms with Gasteiger partial charge in [0.2, 0.25) is 11.9 Å². The van der Waals surface area contributed by atoms with Crippen LogP contribution in [-0.4, -0.2) is 34.2 Å². The van der Waals surface area contributed by atoms with Gasteiger partial charge in [-0.1, -0.05) is 19.8 Å². The smallest absolute Gasteiger partial charge is 0.249 e. The van der Waals surface area contributed by atoms with Crippen LogP contribution in [0.15, 0.2) is 0 Å². The minimum absolute atomic E-state index is 0.130.